The molecule has 0 bridgehead atoms. The predicted molar refractivity (Wildman–Crippen MR) is 88.9 cm³/mol. The van der Waals surface area contributed by atoms with E-state index in [-0.39, 0.29) is 18.2 Å². The highest BCUT2D eigenvalue weighted by atomic mass is 16.7. The van der Waals surface area contributed by atoms with Crippen LogP contribution in [0.25, 0.3) is 0 Å². The van der Waals surface area contributed by atoms with Crippen LogP contribution in [-0.2, 0) is 19.0 Å². The Morgan fingerprint density at radius 3 is 2.57 bits per heavy atom. The summed E-state index contributed by atoms with van der Waals surface area (Å²) >= 11 is 0. The van der Waals surface area contributed by atoms with Crippen molar-refractivity contribution in [3.05, 3.63) is 35.9 Å². The van der Waals surface area contributed by atoms with E-state index in [0.29, 0.717) is 13.0 Å². The van der Waals surface area contributed by atoms with E-state index in [1.807, 2.05) is 37.3 Å². The molecular weight excluding hydrogens is 292 g/mol. The van der Waals surface area contributed by atoms with Crippen LogP contribution in [0.3, 0.4) is 0 Å². The first-order chi connectivity index (χ1) is 11.2. The third-order valence-corrected chi connectivity index (χ3v) is 4.06. The molecule has 0 radical (unpaired) electrons. The largest absolute Gasteiger partial charge is 0.466 e. The van der Waals surface area contributed by atoms with Crippen LogP contribution in [0.5, 0.6) is 0 Å². The fourth-order valence-electron chi connectivity index (χ4n) is 2.90. The summed E-state index contributed by atoms with van der Waals surface area (Å²) in [6.07, 6.45) is 5.22. The van der Waals surface area contributed by atoms with E-state index >= 15 is 0 Å². The smallest absolute Gasteiger partial charge is 0.308 e. The number of benzene rings is 1. The monoisotopic (exact) mass is 320 g/mol. The summed E-state index contributed by atoms with van der Waals surface area (Å²) in [5.41, 5.74) is 1.00. The lowest BCUT2D eigenvalue weighted by atomic mass is 10.0. The summed E-state index contributed by atoms with van der Waals surface area (Å²) in [4.78, 5) is 11.8. The van der Waals surface area contributed by atoms with E-state index in [1.54, 1.807) is 0 Å². The molecule has 1 aliphatic heterocycles. The lowest BCUT2D eigenvalue weighted by Crippen LogP contribution is -2.35. The molecule has 1 fully saturated rings. The quantitative estimate of drug-likeness (QED) is 0.526. The van der Waals surface area contributed by atoms with Crippen molar-refractivity contribution in [2.45, 2.75) is 70.9 Å². The topological polar surface area (TPSA) is 44.8 Å². The molecule has 0 N–H and O–H groups in total. The number of ether oxygens (including phenoxy) is 3. The van der Waals surface area contributed by atoms with E-state index in [1.165, 1.54) is 12.8 Å². The molecule has 4 heteroatoms. The maximum atomic E-state index is 11.8. The lowest BCUT2D eigenvalue weighted by Gasteiger charge is -2.35. The number of rotatable bonds is 8. The van der Waals surface area contributed by atoms with Gasteiger partial charge in [0.25, 0.3) is 0 Å². The van der Waals surface area contributed by atoms with Gasteiger partial charge in [-0.25, -0.2) is 0 Å². The van der Waals surface area contributed by atoms with Crippen LogP contribution >= 0.6 is 0 Å². The zero-order chi connectivity index (χ0) is 16.5. The highest BCUT2D eigenvalue weighted by Crippen LogP contribution is 2.33. The third-order valence-electron chi connectivity index (χ3n) is 4.06. The van der Waals surface area contributed by atoms with Crippen molar-refractivity contribution >= 4 is 5.97 Å². The number of hydrogen-bond donors (Lipinski definition) is 0. The molecule has 0 aliphatic carbocycles. The first kappa shape index (κ1) is 18.0. The summed E-state index contributed by atoms with van der Waals surface area (Å²) in [5.74, 6) is -0.196. The molecule has 1 aliphatic rings. The second kappa shape index (κ2) is 9.68. The summed E-state index contributed by atoms with van der Waals surface area (Å²) in [6, 6.07) is 9.92. The zero-order valence-corrected chi connectivity index (χ0v) is 14.2. The van der Waals surface area contributed by atoms with Crippen molar-refractivity contribution in [3.63, 3.8) is 0 Å². The normalized spacial score (nSPS) is 24.3. The first-order valence-electron chi connectivity index (χ1n) is 8.74. The fraction of sp³-hybridized carbons (Fsp3) is 0.632. The van der Waals surface area contributed by atoms with Crippen LogP contribution in [0.15, 0.2) is 30.3 Å². The average molecular weight is 320 g/mol. The lowest BCUT2D eigenvalue weighted by molar-refractivity contribution is -0.250. The molecule has 0 amide bonds. The summed E-state index contributed by atoms with van der Waals surface area (Å²) in [7, 11) is 0. The Bertz CT molecular complexity index is 460. The average Bonchev–Trinajstić information content (AvgIpc) is 2.56. The first-order valence-corrected chi connectivity index (χ1v) is 8.74. The SMILES string of the molecule is CCCCC[C@@H]1C[C@H](CC(=O)OCC)OC(c2ccccc2)O1. The second-order valence-corrected chi connectivity index (χ2v) is 6.00. The van der Waals surface area contributed by atoms with Gasteiger partial charge in [0, 0.05) is 12.0 Å². The zero-order valence-electron chi connectivity index (χ0n) is 14.2. The van der Waals surface area contributed by atoms with E-state index in [0.717, 1.165) is 24.8 Å². The van der Waals surface area contributed by atoms with Gasteiger partial charge in [-0.05, 0) is 13.3 Å². The number of carbonyl (C=O) groups is 1. The van der Waals surface area contributed by atoms with Gasteiger partial charge >= 0.3 is 5.97 Å². The minimum Gasteiger partial charge on any atom is -0.466 e. The van der Waals surface area contributed by atoms with E-state index in [2.05, 4.69) is 6.92 Å². The van der Waals surface area contributed by atoms with Gasteiger partial charge in [-0.1, -0.05) is 56.5 Å². The Balaban J connectivity index is 1.99. The van der Waals surface area contributed by atoms with E-state index in [4.69, 9.17) is 14.2 Å². The molecule has 2 rings (SSSR count). The Hall–Kier alpha value is -1.39. The molecule has 23 heavy (non-hydrogen) atoms. The summed E-state index contributed by atoms with van der Waals surface area (Å²) in [5, 5.41) is 0. The number of hydrogen-bond acceptors (Lipinski definition) is 4. The van der Waals surface area contributed by atoms with Gasteiger partial charge in [0.1, 0.15) is 0 Å². The molecule has 0 saturated carbocycles. The van der Waals surface area contributed by atoms with Crippen LogP contribution in [-0.4, -0.2) is 24.8 Å². The maximum Gasteiger partial charge on any atom is 0.308 e. The number of esters is 1. The molecule has 128 valence electrons. The molecule has 1 heterocycles. The molecule has 1 saturated heterocycles. The van der Waals surface area contributed by atoms with Gasteiger partial charge in [-0.2, -0.15) is 0 Å². The minimum atomic E-state index is -0.393. The van der Waals surface area contributed by atoms with E-state index < -0.39 is 6.29 Å². The van der Waals surface area contributed by atoms with Gasteiger partial charge in [-0.15, -0.1) is 0 Å². The van der Waals surface area contributed by atoms with Crippen molar-refractivity contribution in [2.24, 2.45) is 0 Å². The third kappa shape index (κ3) is 5.96. The molecule has 3 atom stereocenters. The van der Waals surface area contributed by atoms with Crippen molar-refractivity contribution in [1.82, 2.24) is 0 Å². The highest BCUT2D eigenvalue weighted by Gasteiger charge is 2.32. The fourth-order valence-corrected chi connectivity index (χ4v) is 2.90. The van der Waals surface area contributed by atoms with Gasteiger partial charge in [0.05, 0.1) is 25.2 Å². The van der Waals surface area contributed by atoms with E-state index in [9.17, 15) is 4.79 Å². The van der Waals surface area contributed by atoms with Crippen molar-refractivity contribution < 1.29 is 19.0 Å². The highest BCUT2D eigenvalue weighted by molar-refractivity contribution is 5.69. The van der Waals surface area contributed by atoms with Crippen LogP contribution in [0.4, 0.5) is 0 Å². The van der Waals surface area contributed by atoms with Gasteiger partial charge in [0.15, 0.2) is 6.29 Å². The standard InChI is InChI=1S/C19H28O4/c1-3-5-7-12-16-13-17(14-18(20)21-4-2)23-19(22-16)15-10-8-6-9-11-15/h6,8-11,16-17,19H,3-5,7,12-14H2,1-2H3/t16-,17-,19?/m1/s1. The Morgan fingerprint density at radius 1 is 1.13 bits per heavy atom. The van der Waals surface area contributed by atoms with Crippen molar-refractivity contribution in [1.29, 1.82) is 0 Å². The van der Waals surface area contributed by atoms with Gasteiger partial charge in [0.2, 0.25) is 0 Å². The molecule has 0 spiro atoms. The van der Waals surface area contributed by atoms with Crippen molar-refractivity contribution in [2.75, 3.05) is 6.61 Å². The van der Waals surface area contributed by atoms with Gasteiger partial charge in [-0.3, -0.25) is 4.79 Å². The Labute approximate surface area is 139 Å². The predicted octanol–water partition coefficient (Wildman–Crippen LogP) is 4.39. The maximum absolute atomic E-state index is 11.8. The Morgan fingerprint density at radius 2 is 1.87 bits per heavy atom. The van der Waals surface area contributed by atoms with Crippen molar-refractivity contribution in [3.8, 4) is 0 Å². The molecule has 1 aromatic rings. The minimum absolute atomic E-state index is 0.139. The molecular formula is C19H28O4. The molecule has 0 aromatic heterocycles. The second-order valence-electron chi connectivity index (χ2n) is 6.00. The molecule has 1 unspecified atom stereocenters. The summed E-state index contributed by atoms with van der Waals surface area (Å²) < 4.78 is 17.2. The van der Waals surface area contributed by atoms with Crippen LogP contribution in [0.1, 0.15) is 64.2 Å². The summed E-state index contributed by atoms with van der Waals surface area (Å²) in [6.45, 7) is 4.42. The Kier molecular flexibility index (Phi) is 7.56. The molecule has 1 aromatic carbocycles. The van der Waals surface area contributed by atoms with Crippen LogP contribution in [0.2, 0.25) is 0 Å². The number of carbonyl (C=O) groups excluding carboxylic acids is 1. The van der Waals surface area contributed by atoms with Crippen LogP contribution < -0.4 is 0 Å². The van der Waals surface area contributed by atoms with Crippen LogP contribution in [0, 0.1) is 0 Å². The molecule has 4 nitrogen and oxygen atoms in total. The van der Waals surface area contributed by atoms with Gasteiger partial charge < -0.3 is 14.2 Å². The number of unbranched alkanes of at least 4 members (excludes halogenated alkanes) is 2.